The number of nitrogens with zero attached hydrogens (tertiary/aromatic N) is 3. The van der Waals surface area contributed by atoms with Crippen LogP contribution in [0.3, 0.4) is 0 Å². The molecule has 0 spiro atoms. The van der Waals surface area contributed by atoms with Crippen LogP contribution in [0.15, 0.2) is 18.2 Å². The summed E-state index contributed by atoms with van der Waals surface area (Å²) in [7, 11) is 0. The van der Waals surface area contributed by atoms with Crippen LogP contribution < -0.4 is 4.90 Å². The van der Waals surface area contributed by atoms with Crippen LogP contribution in [0.1, 0.15) is 26.3 Å². The van der Waals surface area contributed by atoms with Crippen molar-refractivity contribution in [3.63, 3.8) is 0 Å². The Morgan fingerprint density at radius 2 is 1.81 bits per heavy atom. The Morgan fingerprint density at radius 1 is 1.24 bits per heavy atom. The van der Waals surface area contributed by atoms with E-state index in [1.165, 1.54) is 18.2 Å². The minimum absolute atomic E-state index is 0.350. The van der Waals surface area contributed by atoms with Crippen LogP contribution >= 0.6 is 0 Å². The Labute approximate surface area is 125 Å². The van der Waals surface area contributed by atoms with Crippen LogP contribution in [-0.4, -0.2) is 37.5 Å². The van der Waals surface area contributed by atoms with E-state index in [-0.39, 0.29) is 5.82 Å². The van der Waals surface area contributed by atoms with Crippen molar-refractivity contribution in [3.8, 4) is 6.07 Å². The minimum atomic E-state index is -0.350. The first-order valence-electron chi connectivity index (χ1n) is 7.12. The lowest BCUT2D eigenvalue weighted by Crippen LogP contribution is -2.46. The van der Waals surface area contributed by atoms with Crippen LogP contribution in [0.25, 0.3) is 0 Å². The summed E-state index contributed by atoms with van der Waals surface area (Å²) >= 11 is 0. The second kappa shape index (κ2) is 8.25. The molecule has 0 N–H and O–H groups in total. The number of carbonyl (C=O) groups excluding carboxylic acids is 1. The lowest BCUT2D eigenvalue weighted by molar-refractivity contribution is -0.118. The van der Waals surface area contributed by atoms with Crippen LogP contribution in [-0.2, 0) is 4.79 Å². The van der Waals surface area contributed by atoms with Crippen molar-refractivity contribution in [1.29, 1.82) is 5.26 Å². The van der Waals surface area contributed by atoms with Crippen molar-refractivity contribution < 1.29 is 9.18 Å². The van der Waals surface area contributed by atoms with E-state index in [9.17, 15) is 9.18 Å². The molecule has 0 radical (unpaired) electrons. The highest BCUT2D eigenvalue weighted by atomic mass is 19.1. The quantitative estimate of drug-likeness (QED) is 0.787. The smallest absolute Gasteiger partial charge is 0.209 e. The van der Waals surface area contributed by atoms with Crippen molar-refractivity contribution in [2.75, 3.05) is 31.1 Å². The molecule has 0 saturated carbocycles. The van der Waals surface area contributed by atoms with Gasteiger partial charge in [-0.25, -0.2) is 4.39 Å². The number of benzene rings is 1. The molecule has 21 heavy (non-hydrogen) atoms. The number of rotatable bonds is 2. The predicted molar refractivity (Wildman–Crippen MR) is 81.5 cm³/mol. The number of nitriles is 1. The van der Waals surface area contributed by atoms with Gasteiger partial charge in [0, 0.05) is 26.2 Å². The summed E-state index contributed by atoms with van der Waals surface area (Å²) in [5.41, 5.74) is 1.07. The van der Waals surface area contributed by atoms with E-state index in [1.54, 1.807) is 4.90 Å². The molecule has 4 nitrogen and oxygen atoms in total. The SMILES string of the molecule is CC(C)C.N#Cc1ccc(F)cc1N1CCN(C=O)CC1. The average Bonchev–Trinajstić information content (AvgIpc) is 2.47. The van der Waals surface area contributed by atoms with Crippen molar-refractivity contribution in [1.82, 2.24) is 4.90 Å². The van der Waals surface area contributed by atoms with Gasteiger partial charge < -0.3 is 9.80 Å². The third kappa shape index (κ3) is 5.42. The van der Waals surface area contributed by atoms with Gasteiger partial charge in [-0.15, -0.1) is 0 Å². The number of hydrogen-bond donors (Lipinski definition) is 0. The van der Waals surface area contributed by atoms with Gasteiger partial charge >= 0.3 is 0 Å². The first-order chi connectivity index (χ1) is 9.97. The molecular formula is C16H22FN3O. The zero-order valence-corrected chi connectivity index (χ0v) is 12.8. The predicted octanol–water partition coefficient (Wildman–Crippen LogP) is 2.64. The second-order valence-electron chi connectivity index (χ2n) is 5.63. The molecule has 0 atom stereocenters. The van der Waals surface area contributed by atoms with E-state index in [2.05, 4.69) is 26.8 Å². The van der Waals surface area contributed by atoms with E-state index in [4.69, 9.17) is 5.26 Å². The van der Waals surface area contributed by atoms with Gasteiger partial charge in [-0.3, -0.25) is 4.79 Å². The zero-order valence-electron chi connectivity index (χ0n) is 12.8. The molecule has 1 aliphatic heterocycles. The molecule has 0 aromatic heterocycles. The molecule has 1 aromatic carbocycles. The van der Waals surface area contributed by atoms with Crippen LogP contribution in [0.4, 0.5) is 10.1 Å². The molecule has 1 fully saturated rings. The van der Waals surface area contributed by atoms with Crippen molar-refractivity contribution in [2.45, 2.75) is 20.8 Å². The minimum Gasteiger partial charge on any atom is -0.367 e. The Bertz CT molecular complexity index is 500. The maximum absolute atomic E-state index is 13.2. The summed E-state index contributed by atoms with van der Waals surface area (Å²) in [5, 5.41) is 8.97. The van der Waals surface area contributed by atoms with Gasteiger partial charge in [0.2, 0.25) is 6.41 Å². The molecule has 2 rings (SSSR count). The standard InChI is InChI=1S/C12H12FN3O.C4H10/c13-11-2-1-10(8-14)12(7-11)16-5-3-15(9-17)4-6-16;1-4(2)3/h1-2,7,9H,3-6H2;4H,1-3H3. The zero-order chi connectivity index (χ0) is 15.8. The highest BCUT2D eigenvalue weighted by Gasteiger charge is 2.18. The molecule has 1 heterocycles. The van der Waals surface area contributed by atoms with Crippen molar-refractivity contribution in [2.24, 2.45) is 5.92 Å². The summed E-state index contributed by atoms with van der Waals surface area (Å²) in [6.07, 6.45) is 0.814. The van der Waals surface area contributed by atoms with Crippen LogP contribution in [0.2, 0.25) is 0 Å². The Kier molecular flexibility index (Phi) is 6.67. The van der Waals surface area contributed by atoms with Gasteiger partial charge in [0.05, 0.1) is 11.3 Å². The summed E-state index contributed by atoms with van der Waals surface area (Å²) in [6.45, 7) is 8.95. The molecule has 5 heteroatoms. The van der Waals surface area contributed by atoms with Crippen LogP contribution in [0.5, 0.6) is 0 Å². The number of anilines is 1. The number of piperazine rings is 1. The third-order valence-electron chi connectivity index (χ3n) is 2.88. The first kappa shape index (κ1) is 17.0. The molecule has 0 unspecified atom stereocenters. The second-order valence-corrected chi connectivity index (χ2v) is 5.63. The fourth-order valence-corrected chi connectivity index (χ4v) is 1.93. The Morgan fingerprint density at radius 3 is 2.29 bits per heavy atom. The Balaban J connectivity index is 0.000000491. The van der Waals surface area contributed by atoms with Crippen molar-refractivity contribution >= 4 is 12.1 Å². The Hall–Kier alpha value is -2.09. The van der Waals surface area contributed by atoms with Gasteiger partial charge in [-0.05, 0) is 24.1 Å². The fourth-order valence-electron chi connectivity index (χ4n) is 1.93. The number of hydrogen-bond acceptors (Lipinski definition) is 3. The van der Waals surface area contributed by atoms with Gasteiger partial charge in [0.25, 0.3) is 0 Å². The first-order valence-corrected chi connectivity index (χ1v) is 7.12. The number of amides is 1. The maximum atomic E-state index is 13.2. The lowest BCUT2D eigenvalue weighted by atomic mass is 10.1. The van der Waals surface area contributed by atoms with Crippen molar-refractivity contribution in [3.05, 3.63) is 29.6 Å². The van der Waals surface area contributed by atoms with Crippen LogP contribution in [0, 0.1) is 23.1 Å². The average molecular weight is 291 g/mol. The monoisotopic (exact) mass is 291 g/mol. The maximum Gasteiger partial charge on any atom is 0.209 e. The van der Waals surface area contributed by atoms with E-state index >= 15 is 0 Å². The van der Waals surface area contributed by atoms with Gasteiger partial charge in [0.1, 0.15) is 11.9 Å². The molecule has 0 bridgehead atoms. The highest BCUT2D eigenvalue weighted by molar-refractivity contribution is 5.60. The van der Waals surface area contributed by atoms with Gasteiger partial charge in [-0.2, -0.15) is 5.26 Å². The van der Waals surface area contributed by atoms with E-state index in [0.717, 1.165) is 12.3 Å². The van der Waals surface area contributed by atoms with E-state index < -0.39 is 0 Å². The molecule has 1 amide bonds. The summed E-state index contributed by atoms with van der Waals surface area (Å²) in [5.74, 6) is 0.483. The summed E-state index contributed by atoms with van der Waals surface area (Å²) in [6, 6.07) is 6.19. The molecule has 1 saturated heterocycles. The molecule has 1 aromatic rings. The molecule has 0 aliphatic carbocycles. The number of halogens is 1. The largest absolute Gasteiger partial charge is 0.367 e. The topological polar surface area (TPSA) is 47.3 Å². The summed E-state index contributed by atoms with van der Waals surface area (Å²) < 4.78 is 13.2. The number of carbonyl (C=O) groups is 1. The molecular weight excluding hydrogens is 269 g/mol. The van der Waals surface area contributed by atoms with Gasteiger partial charge in [0.15, 0.2) is 0 Å². The lowest BCUT2D eigenvalue weighted by Gasteiger charge is -2.34. The molecule has 114 valence electrons. The third-order valence-corrected chi connectivity index (χ3v) is 2.88. The van der Waals surface area contributed by atoms with Gasteiger partial charge in [-0.1, -0.05) is 20.8 Å². The fraction of sp³-hybridized carbons (Fsp3) is 0.500. The summed E-state index contributed by atoms with van der Waals surface area (Å²) in [4.78, 5) is 14.2. The highest BCUT2D eigenvalue weighted by Crippen LogP contribution is 2.22. The normalized spacial score (nSPS) is 14.3. The molecule has 1 aliphatic rings. The van der Waals surface area contributed by atoms with E-state index in [1.807, 2.05) is 4.90 Å². The van der Waals surface area contributed by atoms with E-state index in [0.29, 0.717) is 37.4 Å².